The Morgan fingerprint density at radius 2 is 1.79 bits per heavy atom. The molecule has 2 amide bonds. The standard InChI is InChI=1S/C23H25N3O6S/c1-14-19-13-17(31-2)5-8-20(19)32-21(14)23(28)26-11-9-15(10-12-26)22(27)25-16-3-6-18(7-4-16)33(24,29)30/h3-8,13,15H,9-12H2,1-2H3,(H,25,27)(H2,24,29,30). The number of benzene rings is 2. The summed E-state index contributed by atoms with van der Waals surface area (Å²) in [5.41, 5.74) is 1.87. The Hall–Kier alpha value is -3.37. The number of carbonyl (C=O) groups excluding carboxylic acids is 2. The Kier molecular flexibility index (Phi) is 6.13. The van der Waals surface area contributed by atoms with Gasteiger partial charge < -0.3 is 19.4 Å². The lowest BCUT2D eigenvalue weighted by Crippen LogP contribution is -2.41. The molecule has 0 spiro atoms. The molecule has 0 unspecified atom stereocenters. The lowest BCUT2D eigenvalue weighted by atomic mass is 9.95. The number of nitrogens with zero attached hydrogens (tertiary/aromatic N) is 1. The van der Waals surface area contributed by atoms with Gasteiger partial charge in [-0.05, 0) is 62.2 Å². The van der Waals surface area contributed by atoms with Crippen molar-refractivity contribution in [2.24, 2.45) is 11.1 Å². The highest BCUT2D eigenvalue weighted by atomic mass is 32.2. The third kappa shape index (κ3) is 4.71. The third-order valence-corrected chi connectivity index (χ3v) is 6.87. The van der Waals surface area contributed by atoms with Crippen molar-refractivity contribution in [2.75, 3.05) is 25.5 Å². The van der Waals surface area contributed by atoms with Gasteiger partial charge in [0.15, 0.2) is 5.76 Å². The number of methoxy groups -OCH3 is 1. The molecule has 33 heavy (non-hydrogen) atoms. The minimum Gasteiger partial charge on any atom is -0.497 e. The number of amides is 2. The fourth-order valence-corrected chi connectivity index (χ4v) is 4.51. The van der Waals surface area contributed by atoms with Crippen molar-refractivity contribution in [3.63, 3.8) is 0 Å². The van der Waals surface area contributed by atoms with Crippen LogP contribution in [0.15, 0.2) is 51.8 Å². The van der Waals surface area contributed by atoms with E-state index in [1.54, 1.807) is 24.1 Å². The van der Waals surface area contributed by atoms with E-state index in [9.17, 15) is 18.0 Å². The second-order valence-electron chi connectivity index (χ2n) is 8.04. The number of furan rings is 1. The van der Waals surface area contributed by atoms with Crippen LogP contribution in [-0.4, -0.2) is 45.3 Å². The number of carbonyl (C=O) groups is 2. The molecule has 174 valence electrons. The molecule has 1 aliphatic rings. The number of anilines is 1. The Bertz CT molecular complexity index is 1310. The molecule has 0 radical (unpaired) electrons. The first-order chi connectivity index (χ1) is 15.7. The van der Waals surface area contributed by atoms with E-state index in [1.165, 1.54) is 24.3 Å². The van der Waals surface area contributed by atoms with Gasteiger partial charge >= 0.3 is 0 Å². The number of primary sulfonamides is 1. The van der Waals surface area contributed by atoms with Gasteiger partial charge in [0, 0.05) is 35.6 Å². The molecular weight excluding hydrogens is 446 g/mol. The second-order valence-corrected chi connectivity index (χ2v) is 9.60. The van der Waals surface area contributed by atoms with Crippen molar-refractivity contribution < 1.29 is 27.2 Å². The van der Waals surface area contributed by atoms with Crippen LogP contribution >= 0.6 is 0 Å². The zero-order chi connectivity index (χ0) is 23.8. The molecule has 0 aliphatic carbocycles. The van der Waals surface area contributed by atoms with Gasteiger partial charge in [0.1, 0.15) is 11.3 Å². The SMILES string of the molecule is COc1ccc2oc(C(=O)N3CCC(C(=O)Nc4ccc(S(N)(=O)=O)cc4)CC3)c(C)c2c1. The van der Waals surface area contributed by atoms with Gasteiger partial charge in [0.25, 0.3) is 5.91 Å². The van der Waals surface area contributed by atoms with Crippen LogP contribution in [0, 0.1) is 12.8 Å². The van der Waals surface area contributed by atoms with Crippen LogP contribution in [0.3, 0.4) is 0 Å². The molecule has 0 atom stereocenters. The number of nitrogens with one attached hydrogen (secondary N) is 1. The summed E-state index contributed by atoms with van der Waals surface area (Å²) in [7, 11) is -2.20. The van der Waals surface area contributed by atoms with Gasteiger partial charge in [-0.3, -0.25) is 9.59 Å². The maximum absolute atomic E-state index is 13.1. The summed E-state index contributed by atoms with van der Waals surface area (Å²) >= 11 is 0. The zero-order valence-corrected chi connectivity index (χ0v) is 19.1. The van der Waals surface area contributed by atoms with E-state index in [2.05, 4.69) is 5.32 Å². The minimum atomic E-state index is -3.79. The van der Waals surface area contributed by atoms with Crippen molar-refractivity contribution >= 4 is 38.5 Å². The number of fused-ring (bicyclic) bond motifs is 1. The first-order valence-electron chi connectivity index (χ1n) is 10.5. The van der Waals surface area contributed by atoms with E-state index in [1.807, 2.05) is 13.0 Å². The van der Waals surface area contributed by atoms with E-state index in [0.717, 1.165) is 10.9 Å². The van der Waals surface area contributed by atoms with Gasteiger partial charge in [-0.25, -0.2) is 13.6 Å². The zero-order valence-electron chi connectivity index (χ0n) is 18.3. The quantitative estimate of drug-likeness (QED) is 0.588. The first-order valence-corrected chi connectivity index (χ1v) is 12.0. The number of aryl methyl sites for hydroxylation is 1. The normalized spacial score (nSPS) is 14.9. The summed E-state index contributed by atoms with van der Waals surface area (Å²) < 4.78 is 33.8. The van der Waals surface area contributed by atoms with Crippen molar-refractivity contribution in [1.29, 1.82) is 0 Å². The smallest absolute Gasteiger partial charge is 0.289 e. The maximum atomic E-state index is 13.1. The minimum absolute atomic E-state index is 0.0216. The highest BCUT2D eigenvalue weighted by Crippen LogP contribution is 2.30. The number of sulfonamides is 1. The predicted octanol–water partition coefficient (Wildman–Crippen LogP) is 2.89. The topological polar surface area (TPSA) is 132 Å². The van der Waals surface area contributed by atoms with Crippen LogP contribution < -0.4 is 15.2 Å². The molecule has 0 bridgehead atoms. The highest BCUT2D eigenvalue weighted by molar-refractivity contribution is 7.89. The average Bonchev–Trinajstić information content (AvgIpc) is 3.14. The van der Waals surface area contributed by atoms with Crippen LogP contribution in [-0.2, 0) is 14.8 Å². The number of rotatable bonds is 5. The summed E-state index contributed by atoms with van der Waals surface area (Å²) in [4.78, 5) is 27.4. The van der Waals surface area contributed by atoms with Crippen molar-refractivity contribution in [3.05, 3.63) is 53.8 Å². The molecule has 0 saturated carbocycles. The fourth-order valence-electron chi connectivity index (χ4n) is 3.99. The Labute approximate surface area is 191 Å². The molecular formula is C23H25N3O6S. The lowest BCUT2D eigenvalue weighted by molar-refractivity contribution is -0.121. The molecule has 1 aliphatic heterocycles. The summed E-state index contributed by atoms with van der Waals surface area (Å²) in [6.07, 6.45) is 1.03. The van der Waals surface area contributed by atoms with E-state index < -0.39 is 10.0 Å². The van der Waals surface area contributed by atoms with E-state index in [-0.39, 0.29) is 22.6 Å². The van der Waals surface area contributed by atoms with E-state index in [0.29, 0.717) is 48.7 Å². The summed E-state index contributed by atoms with van der Waals surface area (Å²) in [6, 6.07) is 11.1. The molecule has 4 rings (SSSR count). The second kappa shape index (κ2) is 8.87. The van der Waals surface area contributed by atoms with Crippen LogP contribution in [0.4, 0.5) is 5.69 Å². The van der Waals surface area contributed by atoms with Crippen molar-refractivity contribution in [1.82, 2.24) is 4.90 Å². The number of hydrogen-bond donors (Lipinski definition) is 2. The molecule has 3 aromatic rings. The van der Waals surface area contributed by atoms with Crippen LogP contribution in [0.2, 0.25) is 0 Å². The number of ether oxygens (including phenoxy) is 1. The fraction of sp³-hybridized carbons (Fsp3) is 0.304. The van der Waals surface area contributed by atoms with Crippen molar-refractivity contribution in [3.8, 4) is 5.75 Å². The molecule has 1 fully saturated rings. The van der Waals surface area contributed by atoms with Crippen LogP contribution in [0.25, 0.3) is 11.0 Å². The Morgan fingerprint density at radius 3 is 2.39 bits per heavy atom. The Balaban J connectivity index is 1.38. The van der Waals surface area contributed by atoms with Crippen LogP contribution in [0.1, 0.15) is 29.0 Å². The molecule has 1 aromatic heterocycles. The monoisotopic (exact) mass is 471 g/mol. The molecule has 1 saturated heterocycles. The summed E-state index contributed by atoms with van der Waals surface area (Å²) in [5, 5.41) is 8.72. The predicted molar refractivity (Wildman–Crippen MR) is 123 cm³/mol. The molecule has 10 heteroatoms. The first kappa shape index (κ1) is 22.8. The largest absolute Gasteiger partial charge is 0.497 e. The molecule has 3 N–H and O–H groups in total. The highest BCUT2D eigenvalue weighted by Gasteiger charge is 2.30. The number of piperidine rings is 1. The number of likely N-dealkylation sites (tertiary alicyclic amines) is 1. The molecule has 9 nitrogen and oxygen atoms in total. The van der Waals surface area contributed by atoms with Crippen molar-refractivity contribution in [2.45, 2.75) is 24.7 Å². The third-order valence-electron chi connectivity index (χ3n) is 5.94. The number of hydrogen-bond acceptors (Lipinski definition) is 6. The van der Waals surface area contributed by atoms with Gasteiger partial charge in [-0.15, -0.1) is 0 Å². The summed E-state index contributed by atoms with van der Waals surface area (Å²) in [6.45, 7) is 2.71. The average molecular weight is 472 g/mol. The van der Waals surface area contributed by atoms with Gasteiger partial charge in [-0.1, -0.05) is 0 Å². The van der Waals surface area contributed by atoms with Gasteiger partial charge in [0.05, 0.1) is 12.0 Å². The van der Waals surface area contributed by atoms with Crippen LogP contribution in [0.5, 0.6) is 5.75 Å². The lowest BCUT2D eigenvalue weighted by Gasteiger charge is -2.31. The Morgan fingerprint density at radius 1 is 1.12 bits per heavy atom. The van der Waals surface area contributed by atoms with Gasteiger partial charge in [-0.2, -0.15) is 0 Å². The van der Waals surface area contributed by atoms with E-state index in [4.69, 9.17) is 14.3 Å². The van der Waals surface area contributed by atoms with Gasteiger partial charge in [0.2, 0.25) is 15.9 Å². The molecule has 2 aromatic carbocycles. The maximum Gasteiger partial charge on any atom is 0.289 e. The number of nitrogens with two attached hydrogens (primary N) is 1. The van der Waals surface area contributed by atoms with E-state index >= 15 is 0 Å². The summed E-state index contributed by atoms with van der Waals surface area (Å²) in [5.74, 6) is 0.373. The molecule has 2 heterocycles.